The fourth-order valence-electron chi connectivity index (χ4n) is 4.01. The summed E-state index contributed by atoms with van der Waals surface area (Å²) in [7, 11) is 0. The minimum absolute atomic E-state index is 0.113. The molecule has 0 spiro atoms. The first-order valence-corrected chi connectivity index (χ1v) is 13.9. The zero-order valence-electron chi connectivity index (χ0n) is 19.2. The predicted octanol–water partition coefficient (Wildman–Crippen LogP) is 5.74. The Labute approximate surface area is 208 Å². The van der Waals surface area contributed by atoms with Crippen LogP contribution in [0.4, 0.5) is 13.2 Å². The molecule has 0 bridgehead atoms. The molecule has 2 aromatic carbocycles. The Morgan fingerprint density at radius 1 is 1.12 bits per heavy atom. The van der Waals surface area contributed by atoms with Gasteiger partial charge in [-0.05, 0) is 40.6 Å². The zero-order valence-corrected chi connectivity index (χ0v) is 21.4. The summed E-state index contributed by atoms with van der Waals surface area (Å²) in [6.07, 6.45) is 0.236. The molecule has 1 amide bonds. The average molecular weight is 583 g/mol. The number of aliphatic imine (C=N–C) groups is 1. The Morgan fingerprint density at radius 3 is 2.56 bits per heavy atom. The molecule has 2 aromatic rings. The summed E-state index contributed by atoms with van der Waals surface area (Å²) in [6, 6.07) is 15.0. The summed E-state index contributed by atoms with van der Waals surface area (Å²) < 4.78 is 43.9. The fraction of sp³-hybridized carbons (Fsp3) is 0.346. The van der Waals surface area contributed by atoms with Crippen molar-refractivity contribution < 1.29 is 18.0 Å². The van der Waals surface area contributed by atoms with E-state index in [1.165, 1.54) is 12.1 Å². The van der Waals surface area contributed by atoms with Crippen molar-refractivity contribution >= 4 is 36.9 Å². The van der Waals surface area contributed by atoms with Gasteiger partial charge in [-0.3, -0.25) is 15.1 Å². The maximum atomic E-state index is 13.7. The fourth-order valence-corrected chi connectivity index (χ4v) is 5.37. The van der Waals surface area contributed by atoms with Crippen LogP contribution in [0.15, 0.2) is 71.4 Å². The number of amides is 1. The van der Waals surface area contributed by atoms with Gasteiger partial charge in [-0.2, -0.15) is 13.2 Å². The van der Waals surface area contributed by atoms with Gasteiger partial charge in [-0.15, -0.1) is 20.7 Å². The number of carbonyl (C=O) groups excluding carboxylic acids is 1. The van der Waals surface area contributed by atoms with Crippen molar-refractivity contribution in [3.63, 3.8) is 0 Å². The molecule has 1 aliphatic heterocycles. The molecular formula is C26H29F3IN3O. The molecule has 1 unspecified atom stereocenters. The topological polar surface area (TPSA) is 53.5 Å². The van der Waals surface area contributed by atoms with Crippen molar-refractivity contribution in [2.24, 2.45) is 4.99 Å². The molecule has 0 saturated carbocycles. The van der Waals surface area contributed by atoms with E-state index in [1.807, 2.05) is 47.3 Å². The number of hydrogen-bond acceptors (Lipinski definition) is 3. The third kappa shape index (κ3) is 6.85. The summed E-state index contributed by atoms with van der Waals surface area (Å²) in [6.45, 7) is 3.73. The van der Waals surface area contributed by atoms with Crippen molar-refractivity contribution in [1.29, 1.82) is 0 Å². The van der Waals surface area contributed by atoms with E-state index < -0.39 is 23.4 Å². The molecule has 0 aromatic heterocycles. The van der Waals surface area contributed by atoms with Gasteiger partial charge in [-0.1, -0.05) is 55.5 Å². The van der Waals surface area contributed by atoms with Gasteiger partial charge in [0.05, 0.1) is 23.0 Å². The highest BCUT2D eigenvalue weighted by Crippen LogP contribution is 2.38. The molecule has 34 heavy (non-hydrogen) atoms. The van der Waals surface area contributed by atoms with Crippen LogP contribution in [0.25, 0.3) is 0 Å². The second kappa shape index (κ2) is 11.9. The van der Waals surface area contributed by atoms with Gasteiger partial charge in [-0.25, -0.2) is 0 Å². The first-order chi connectivity index (χ1) is 16.2. The number of allylic oxidation sites excluding steroid dienone is 1. The number of benzene rings is 2. The maximum Gasteiger partial charge on any atom is 0.416 e. The van der Waals surface area contributed by atoms with Gasteiger partial charge in [0.25, 0.3) is 0 Å². The Kier molecular flexibility index (Phi) is 9.18. The van der Waals surface area contributed by atoms with E-state index in [0.717, 1.165) is 16.1 Å². The maximum absolute atomic E-state index is 13.7. The first kappa shape index (κ1) is 26.3. The van der Waals surface area contributed by atoms with Gasteiger partial charge in [0, 0.05) is 23.5 Å². The Hall–Kier alpha value is -2.33. The van der Waals surface area contributed by atoms with Crippen LogP contribution in [0.5, 0.6) is 0 Å². The van der Waals surface area contributed by atoms with E-state index in [2.05, 4.69) is 15.6 Å². The van der Waals surface area contributed by atoms with Crippen molar-refractivity contribution in [3.8, 4) is 0 Å². The number of nitrogens with zero attached hydrogens (tertiary/aromatic N) is 1. The Balaban J connectivity index is 2.17. The summed E-state index contributed by atoms with van der Waals surface area (Å²) in [4.78, 5) is 17.0. The third-order valence-corrected chi connectivity index (χ3v) is 7.25. The van der Waals surface area contributed by atoms with Crippen molar-refractivity contribution in [1.82, 2.24) is 10.6 Å². The van der Waals surface area contributed by atoms with Gasteiger partial charge < -0.3 is 5.32 Å². The van der Waals surface area contributed by atoms with E-state index in [9.17, 15) is 18.0 Å². The highest BCUT2D eigenvalue weighted by molar-refractivity contribution is 14.2. The lowest BCUT2D eigenvalue weighted by molar-refractivity contribution is -0.137. The van der Waals surface area contributed by atoms with E-state index in [1.54, 1.807) is 19.2 Å². The molecule has 0 radical (unpaired) electrons. The second-order valence-corrected chi connectivity index (χ2v) is 10.6. The number of halogens is 4. The molecule has 1 aliphatic rings. The molecule has 0 fully saturated rings. The van der Waals surface area contributed by atoms with E-state index >= 15 is 0 Å². The molecule has 182 valence electrons. The number of nitrogens with one attached hydrogen (secondary N) is 2. The van der Waals surface area contributed by atoms with Crippen LogP contribution >= 0.6 is 20.7 Å². The summed E-state index contributed by atoms with van der Waals surface area (Å²) in [5.41, 5.74) is 0.245. The van der Waals surface area contributed by atoms with Gasteiger partial charge >= 0.3 is 6.18 Å². The van der Waals surface area contributed by atoms with Crippen LogP contribution in [0.2, 0.25) is 0 Å². The van der Waals surface area contributed by atoms with Crippen molar-refractivity contribution in [2.75, 3.05) is 4.43 Å². The molecule has 1 heterocycles. The highest BCUT2D eigenvalue weighted by atomic mass is 127. The number of carbonyl (C=O) groups is 1. The lowest BCUT2D eigenvalue weighted by Gasteiger charge is -2.39. The number of alkyl halides is 4. The quantitative estimate of drug-likeness (QED) is 0.225. The van der Waals surface area contributed by atoms with Crippen LogP contribution in [-0.2, 0) is 22.9 Å². The largest absolute Gasteiger partial charge is 0.416 e. The van der Waals surface area contributed by atoms with E-state index in [4.69, 9.17) is 0 Å². The van der Waals surface area contributed by atoms with Crippen LogP contribution < -0.4 is 10.6 Å². The molecule has 0 aliphatic carbocycles. The second-order valence-electron chi connectivity index (χ2n) is 8.13. The highest BCUT2D eigenvalue weighted by Gasteiger charge is 2.40. The van der Waals surface area contributed by atoms with Crippen molar-refractivity contribution in [3.05, 3.63) is 83.1 Å². The van der Waals surface area contributed by atoms with Crippen LogP contribution in [0, 0.1) is 0 Å². The standard InChI is InChI=1S/C26H29F3IN3O/c1-3-8-24(34)32-19(2)33-25(18-20-9-5-4-6-10-20,23-13-14-30-15-16-31-23)21-11-7-12-22(17-21)26(27,28)29/h4-7,9-13,15-17,19,33H,3,8,14,18H2,1-2H3,(H,32,34)/t19-,25?/m0/s1. The van der Waals surface area contributed by atoms with Crippen molar-refractivity contribution in [2.45, 2.75) is 51.0 Å². The third-order valence-electron chi connectivity index (χ3n) is 5.47. The molecule has 3 rings (SSSR count). The Morgan fingerprint density at radius 2 is 1.85 bits per heavy atom. The summed E-state index contributed by atoms with van der Waals surface area (Å²) in [5, 5.41) is 6.42. The van der Waals surface area contributed by atoms with Gasteiger partial charge in [0.15, 0.2) is 0 Å². The predicted molar refractivity (Wildman–Crippen MR) is 140 cm³/mol. The first-order valence-electron chi connectivity index (χ1n) is 11.2. The molecule has 2 N–H and O–H groups in total. The minimum Gasteiger partial charge on any atom is -0.341 e. The lowest BCUT2D eigenvalue weighted by atomic mass is 9.79. The minimum atomic E-state index is -4.48. The van der Waals surface area contributed by atoms with E-state index in [-0.39, 0.29) is 26.6 Å². The van der Waals surface area contributed by atoms with E-state index in [0.29, 0.717) is 30.5 Å². The lowest BCUT2D eigenvalue weighted by Crippen LogP contribution is -2.55. The molecule has 0 saturated heterocycles. The molecule has 2 atom stereocenters. The monoisotopic (exact) mass is 583 g/mol. The molecule has 8 heteroatoms. The molecule has 4 nitrogen and oxygen atoms in total. The average Bonchev–Trinajstić information content (AvgIpc) is 3.09. The SMILES string of the molecule is CCCC(=O)N[C@H](C)NC(Cc1ccccc1)(C1=CCI=CC=N1)c1cccc(C(F)(F)F)c1. The molecular weight excluding hydrogens is 554 g/mol. The smallest absolute Gasteiger partial charge is 0.341 e. The summed E-state index contributed by atoms with van der Waals surface area (Å²) in [5.74, 6) is -0.113. The van der Waals surface area contributed by atoms with Gasteiger partial charge in [0.1, 0.15) is 0 Å². The zero-order chi connectivity index (χ0) is 24.6. The van der Waals surface area contributed by atoms with Crippen LogP contribution in [0.3, 0.4) is 0 Å². The normalized spacial score (nSPS) is 16.6. The van der Waals surface area contributed by atoms with Gasteiger partial charge in [0.2, 0.25) is 5.91 Å². The summed E-state index contributed by atoms with van der Waals surface area (Å²) >= 11 is -0.213. The Bertz CT molecular complexity index is 1070. The number of rotatable bonds is 9. The van der Waals surface area contributed by atoms with Crippen LogP contribution in [-0.4, -0.2) is 26.7 Å². The van der Waals surface area contributed by atoms with Crippen LogP contribution in [0.1, 0.15) is 43.4 Å². The number of hydrogen-bond donors (Lipinski definition) is 2.